The molecule has 6 heteroatoms. The summed E-state index contributed by atoms with van der Waals surface area (Å²) in [6.07, 6.45) is 3.71. The molecular formula is C19H16F2N4. The molecule has 0 radical (unpaired) electrons. The lowest BCUT2D eigenvalue weighted by Crippen LogP contribution is -2.25. The van der Waals surface area contributed by atoms with E-state index >= 15 is 0 Å². The van der Waals surface area contributed by atoms with Gasteiger partial charge in [0.2, 0.25) is 5.95 Å². The van der Waals surface area contributed by atoms with Crippen LogP contribution in [0, 0.1) is 11.6 Å². The van der Waals surface area contributed by atoms with Gasteiger partial charge < -0.3 is 10.2 Å². The van der Waals surface area contributed by atoms with Crippen molar-refractivity contribution in [2.24, 2.45) is 0 Å². The van der Waals surface area contributed by atoms with Gasteiger partial charge >= 0.3 is 0 Å². The van der Waals surface area contributed by atoms with Crippen LogP contribution in [0.15, 0.2) is 54.7 Å². The molecule has 0 saturated carbocycles. The fraction of sp³-hybridized carbons (Fsp3) is 0.158. The van der Waals surface area contributed by atoms with Crippen LogP contribution < -0.4 is 10.2 Å². The number of nitrogens with zero attached hydrogens (tertiary/aromatic N) is 3. The Balaban J connectivity index is 1.64. The summed E-state index contributed by atoms with van der Waals surface area (Å²) in [6, 6.07) is 13.4. The van der Waals surface area contributed by atoms with E-state index in [1.54, 1.807) is 6.20 Å². The van der Waals surface area contributed by atoms with Crippen molar-refractivity contribution in [3.63, 3.8) is 0 Å². The molecule has 0 spiro atoms. The molecule has 4 rings (SSSR count). The normalized spacial score (nSPS) is 13.4. The Kier molecular flexibility index (Phi) is 4.01. The highest BCUT2D eigenvalue weighted by molar-refractivity contribution is 5.66. The maximum absolute atomic E-state index is 13.8. The average molecular weight is 338 g/mol. The molecule has 2 heterocycles. The molecule has 4 nitrogen and oxygen atoms in total. The summed E-state index contributed by atoms with van der Waals surface area (Å²) in [4.78, 5) is 10.8. The van der Waals surface area contributed by atoms with Crippen LogP contribution in [0.5, 0.6) is 0 Å². The molecule has 0 fully saturated rings. The number of para-hydroxylation sites is 1. The van der Waals surface area contributed by atoms with Crippen molar-refractivity contribution in [3.8, 4) is 0 Å². The highest BCUT2D eigenvalue weighted by Crippen LogP contribution is 2.32. The molecule has 1 aliphatic rings. The molecule has 0 aliphatic carbocycles. The number of aryl methyl sites for hydroxylation is 1. The molecule has 0 saturated heterocycles. The number of fused-ring (bicyclic) bond motifs is 1. The SMILES string of the molecule is Fc1ccc(Nc2nccc(N3CCCc4ccccc43)n2)c(F)c1. The Morgan fingerprint density at radius 1 is 1.04 bits per heavy atom. The molecule has 25 heavy (non-hydrogen) atoms. The van der Waals surface area contributed by atoms with Crippen LogP contribution in [0.2, 0.25) is 0 Å². The van der Waals surface area contributed by atoms with Crippen LogP contribution in [0.3, 0.4) is 0 Å². The van der Waals surface area contributed by atoms with Gasteiger partial charge in [0.1, 0.15) is 17.5 Å². The predicted octanol–water partition coefficient (Wildman–Crippen LogP) is 4.58. The minimum absolute atomic E-state index is 0.137. The van der Waals surface area contributed by atoms with E-state index in [1.807, 2.05) is 18.2 Å². The van der Waals surface area contributed by atoms with Gasteiger partial charge in [-0.3, -0.25) is 0 Å². The van der Waals surface area contributed by atoms with Gasteiger partial charge in [-0.2, -0.15) is 4.98 Å². The Morgan fingerprint density at radius 3 is 2.80 bits per heavy atom. The number of aromatic nitrogens is 2. The number of halogens is 2. The standard InChI is InChI=1S/C19H16F2N4/c20-14-7-8-16(15(21)12-14)23-19-22-10-9-18(24-19)25-11-3-5-13-4-1-2-6-17(13)25/h1-2,4,6-10,12H,3,5,11H2,(H,22,23,24). The number of nitrogens with one attached hydrogen (secondary N) is 1. The van der Waals surface area contributed by atoms with Crippen molar-refractivity contribution in [3.05, 3.63) is 71.9 Å². The van der Waals surface area contributed by atoms with Gasteiger partial charge in [0, 0.05) is 24.5 Å². The van der Waals surface area contributed by atoms with Gasteiger partial charge in [-0.05, 0) is 42.7 Å². The smallest absolute Gasteiger partial charge is 0.229 e. The van der Waals surface area contributed by atoms with Crippen molar-refractivity contribution < 1.29 is 8.78 Å². The minimum atomic E-state index is -0.683. The molecule has 2 aromatic carbocycles. The molecule has 0 bridgehead atoms. The zero-order valence-corrected chi connectivity index (χ0v) is 13.4. The van der Waals surface area contributed by atoms with Crippen molar-refractivity contribution in [1.29, 1.82) is 0 Å². The third kappa shape index (κ3) is 3.15. The van der Waals surface area contributed by atoms with Gasteiger partial charge in [-0.1, -0.05) is 18.2 Å². The Hall–Kier alpha value is -3.02. The van der Waals surface area contributed by atoms with Crippen LogP contribution in [-0.4, -0.2) is 16.5 Å². The topological polar surface area (TPSA) is 41.1 Å². The summed E-state index contributed by atoms with van der Waals surface area (Å²) in [5.41, 5.74) is 2.55. The van der Waals surface area contributed by atoms with Crippen molar-refractivity contribution >= 4 is 23.1 Å². The molecule has 1 N–H and O–H groups in total. The second kappa shape index (κ2) is 6.47. The lowest BCUT2D eigenvalue weighted by Gasteiger charge is -2.30. The fourth-order valence-electron chi connectivity index (χ4n) is 3.04. The number of hydrogen-bond donors (Lipinski definition) is 1. The van der Waals surface area contributed by atoms with Crippen molar-refractivity contribution in [2.45, 2.75) is 12.8 Å². The second-order valence-corrected chi connectivity index (χ2v) is 5.87. The zero-order valence-electron chi connectivity index (χ0n) is 13.4. The average Bonchev–Trinajstić information content (AvgIpc) is 2.64. The lowest BCUT2D eigenvalue weighted by atomic mass is 10.0. The summed E-state index contributed by atoms with van der Waals surface area (Å²) in [5, 5.41) is 2.81. The van der Waals surface area contributed by atoms with Gasteiger partial charge in [-0.25, -0.2) is 13.8 Å². The Bertz CT molecular complexity index is 913. The fourth-order valence-corrected chi connectivity index (χ4v) is 3.04. The van der Waals surface area contributed by atoms with Crippen LogP contribution in [0.25, 0.3) is 0 Å². The largest absolute Gasteiger partial charge is 0.326 e. The highest BCUT2D eigenvalue weighted by atomic mass is 19.1. The highest BCUT2D eigenvalue weighted by Gasteiger charge is 2.19. The molecule has 1 aromatic heterocycles. The van der Waals surface area contributed by atoms with Gasteiger partial charge in [-0.15, -0.1) is 0 Å². The third-order valence-corrected chi connectivity index (χ3v) is 4.21. The predicted molar refractivity (Wildman–Crippen MR) is 93.4 cm³/mol. The summed E-state index contributed by atoms with van der Waals surface area (Å²) >= 11 is 0. The van der Waals surface area contributed by atoms with Crippen LogP contribution >= 0.6 is 0 Å². The molecule has 3 aromatic rings. The van der Waals surface area contributed by atoms with E-state index in [0.717, 1.165) is 37.0 Å². The first-order valence-electron chi connectivity index (χ1n) is 8.11. The summed E-state index contributed by atoms with van der Waals surface area (Å²) in [7, 11) is 0. The molecule has 0 unspecified atom stereocenters. The number of hydrogen-bond acceptors (Lipinski definition) is 4. The number of anilines is 4. The first-order valence-corrected chi connectivity index (χ1v) is 8.11. The Morgan fingerprint density at radius 2 is 1.92 bits per heavy atom. The first-order chi connectivity index (χ1) is 12.2. The van der Waals surface area contributed by atoms with E-state index in [-0.39, 0.29) is 11.6 Å². The van der Waals surface area contributed by atoms with E-state index in [1.165, 1.54) is 17.7 Å². The van der Waals surface area contributed by atoms with Crippen molar-refractivity contribution in [2.75, 3.05) is 16.8 Å². The molecule has 126 valence electrons. The summed E-state index contributed by atoms with van der Waals surface area (Å²) in [6.45, 7) is 0.860. The van der Waals surface area contributed by atoms with Gasteiger partial charge in [0.05, 0.1) is 5.69 Å². The van der Waals surface area contributed by atoms with Gasteiger partial charge in [0.15, 0.2) is 0 Å². The monoisotopic (exact) mass is 338 g/mol. The van der Waals surface area contributed by atoms with Crippen molar-refractivity contribution in [1.82, 2.24) is 9.97 Å². The zero-order chi connectivity index (χ0) is 17.2. The summed E-state index contributed by atoms with van der Waals surface area (Å²) < 4.78 is 26.8. The van der Waals surface area contributed by atoms with Crippen LogP contribution in [-0.2, 0) is 6.42 Å². The maximum Gasteiger partial charge on any atom is 0.229 e. The minimum Gasteiger partial charge on any atom is -0.326 e. The van der Waals surface area contributed by atoms with Crippen LogP contribution in [0.1, 0.15) is 12.0 Å². The quantitative estimate of drug-likeness (QED) is 0.759. The third-order valence-electron chi connectivity index (χ3n) is 4.21. The second-order valence-electron chi connectivity index (χ2n) is 5.87. The summed E-state index contributed by atoms with van der Waals surface area (Å²) in [5.74, 6) is -0.293. The lowest BCUT2D eigenvalue weighted by molar-refractivity contribution is 0.586. The number of rotatable bonds is 3. The molecular weight excluding hydrogens is 322 g/mol. The number of benzene rings is 2. The Labute approximate surface area is 144 Å². The van der Waals surface area contributed by atoms with Gasteiger partial charge in [0.25, 0.3) is 0 Å². The van der Waals surface area contributed by atoms with E-state index in [9.17, 15) is 8.78 Å². The first kappa shape index (κ1) is 15.5. The van der Waals surface area contributed by atoms with E-state index in [0.29, 0.717) is 0 Å². The van der Waals surface area contributed by atoms with E-state index in [2.05, 4.69) is 32.3 Å². The van der Waals surface area contributed by atoms with E-state index < -0.39 is 11.6 Å². The molecule has 0 amide bonds. The van der Waals surface area contributed by atoms with Crippen LogP contribution in [0.4, 0.5) is 31.9 Å². The molecule has 0 atom stereocenters. The molecule has 1 aliphatic heterocycles. The van der Waals surface area contributed by atoms with E-state index in [4.69, 9.17) is 0 Å². The maximum atomic E-state index is 13.8.